The van der Waals surface area contributed by atoms with Crippen LogP contribution in [0.5, 0.6) is 0 Å². The molecule has 1 aromatic heterocycles. The van der Waals surface area contributed by atoms with E-state index in [1.54, 1.807) is 0 Å². The van der Waals surface area contributed by atoms with Gasteiger partial charge in [-0.1, -0.05) is 39.3 Å². The minimum atomic E-state index is -0.926. The van der Waals surface area contributed by atoms with Crippen LogP contribution in [0.3, 0.4) is 0 Å². The Labute approximate surface area is 187 Å². The average molecular weight is 445 g/mol. The molecule has 0 saturated heterocycles. The van der Waals surface area contributed by atoms with Gasteiger partial charge < -0.3 is 16.2 Å². The molecular formula is C24H32N2O4S. The van der Waals surface area contributed by atoms with Crippen molar-refractivity contribution in [2.75, 3.05) is 5.32 Å². The zero-order valence-electron chi connectivity index (χ0n) is 18.4. The Morgan fingerprint density at radius 1 is 1.16 bits per heavy atom. The maximum absolute atomic E-state index is 13.3. The molecule has 6 nitrogen and oxygen atoms in total. The number of carboxylic acids is 1. The highest BCUT2D eigenvalue weighted by molar-refractivity contribution is 7.17. The van der Waals surface area contributed by atoms with Crippen molar-refractivity contribution < 1.29 is 19.5 Å². The van der Waals surface area contributed by atoms with Gasteiger partial charge in [0.2, 0.25) is 5.91 Å². The number of anilines is 1. The van der Waals surface area contributed by atoms with Gasteiger partial charge in [-0.2, -0.15) is 0 Å². The molecular weight excluding hydrogens is 412 g/mol. The molecule has 4 N–H and O–H groups in total. The van der Waals surface area contributed by atoms with Gasteiger partial charge in [0.25, 0.3) is 5.91 Å². The molecule has 5 rings (SSSR count). The lowest BCUT2D eigenvalue weighted by molar-refractivity contribution is -0.151. The van der Waals surface area contributed by atoms with Gasteiger partial charge in [0.15, 0.2) is 0 Å². The number of hydrogen-bond acceptors (Lipinski definition) is 4. The molecule has 0 unspecified atom stereocenters. The second kappa shape index (κ2) is 8.08. The van der Waals surface area contributed by atoms with Crippen LogP contribution in [0.15, 0.2) is 12.2 Å². The van der Waals surface area contributed by atoms with Crippen molar-refractivity contribution in [3.8, 4) is 0 Å². The third-order valence-electron chi connectivity index (χ3n) is 8.10. The summed E-state index contributed by atoms with van der Waals surface area (Å²) >= 11 is 1.44. The summed E-state index contributed by atoms with van der Waals surface area (Å²) in [5.74, 6) is -2.76. The van der Waals surface area contributed by atoms with E-state index in [-0.39, 0.29) is 23.2 Å². The first-order chi connectivity index (χ1) is 14.6. The molecule has 0 spiro atoms. The molecule has 1 aromatic rings. The number of carbonyl (C=O) groups is 3. The average Bonchev–Trinajstić information content (AvgIpc) is 3.10. The van der Waals surface area contributed by atoms with E-state index < -0.39 is 23.7 Å². The molecule has 0 aliphatic heterocycles. The van der Waals surface area contributed by atoms with Crippen LogP contribution in [0.2, 0.25) is 0 Å². The van der Waals surface area contributed by atoms with Crippen molar-refractivity contribution >= 4 is 34.1 Å². The summed E-state index contributed by atoms with van der Waals surface area (Å²) in [6.45, 7) is 6.77. The van der Waals surface area contributed by atoms with Crippen molar-refractivity contribution in [1.82, 2.24) is 0 Å². The molecule has 1 saturated carbocycles. The Hall–Kier alpha value is -2.15. The molecule has 0 aromatic carbocycles. The Morgan fingerprint density at radius 3 is 2.35 bits per heavy atom. The van der Waals surface area contributed by atoms with E-state index in [4.69, 9.17) is 5.73 Å². The van der Waals surface area contributed by atoms with E-state index in [0.29, 0.717) is 16.5 Å². The van der Waals surface area contributed by atoms with E-state index >= 15 is 0 Å². The largest absolute Gasteiger partial charge is 0.481 e. The number of fused-ring (bicyclic) bond motifs is 3. The summed E-state index contributed by atoms with van der Waals surface area (Å²) in [5.41, 5.74) is 7.33. The number of carboxylic acid groups (broad SMARTS) is 1. The summed E-state index contributed by atoms with van der Waals surface area (Å²) in [4.78, 5) is 38.6. The maximum Gasteiger partial charge on any atom is 0.307 e. The van der Waals surface area contributed by atoms with Crippen LogP contribution in [-0.4, -0.2) is 22.9 Å². The van der Waals surface area contributed by atoms with Gasteiger partial charge in [0.1, 0.15) is 5.00 Å². The Balaban J connectivity index is 1.62. The van der Waals surface area contributed by atoms with Crippen molar-refractivity contribution in [2.45, 2.75) is 59.3 Å². The maximum atomic E-state index is 13.3. The fraction of sp³-hybridized carbons (Fsp3) is 0.625. The summed E-state index contributed by atoms with van der Waals surface area (Å²) in [6, 6.07) is 0. The molecule has 2 amide bonds. The second-order valence-electron chi connectivity index (χ2n) is 10.0. The minimum absolute atomic E-state index is 0.0764. The number of primary amides is 1. The fourth-order valence-corrected chi connectivity index (χ4v) is 7.11. The Kier molecular flexibility index (Phi) is 5.75. The summed E-state index contributed by atoms with van der Waals surface area (Å²) in [7, 11) is 0. The quantitative estimate of drug-likeness (QED) is 0.570. The molecule has 0 radical (unpaired) electrons. The number of allylic oxidation sites excluding steroid dienone is 2. The van der Waals surface area contributed by atoms with Gasteiger partial charge in [-0.25, -0.2) is 0 Å². The number of hydrogen-bond donors (Lipinski definition) is 3. The minimum Gasteiger partial charge on any atom is -0.481 e. The van der Waals surface area contributed by atoms with Crippen molar-refractivity contribution in [1.29, 1.82) is 0 Å². The van der Waals surface area contributed by atoms with Crippen LogP contribution >= 0.6 is 11.3 Å². The van der Waals surface area contributed by atoms with E-state index in [2.05, 4.69) is 26.1 Å². The highest BCUT2D eigenvalue weighted by Crippen LogP contribution is 2.48. The molecule has 168 valence electrons. The van der Waals surface area contributed by atoms with Gasteiger partial charge in [-0.3, -0.25) is 14.4 Å². The molecule has 4 aliphatic carbocycles. The second-order valence-corrected chi connectivity index (χ2v) is 11.1. The smallest absolute Gasteiger partial charge is 0.307 e. The third kappa shape index (κ3) is 3.81. The summed E-state index contributed by atoms with van der Waals surface area (Å²) in [5, 5.41) is 13.2. The summed E-state index contributed by atoms with van der Waals surface area (Å²) in [6.07, 6.45) is 9.30. The molecule has 1 heterocycles. The number of nitrogens with two attached hydrogens (primary N) is 1. The summed E-state index contributed by atoms with van der Waals surface area (Å²) < 4.78 is 0. The van der Waals surface area contributed by atoms with Crippen LogP contribution < -0.4 is 11.1 Å². The Bertz CT molecular complexity index is 948. The zero-order valence-corrected chi connectivity index (χ0v) is 19.3. The first kappa shape index (κ1) is 22.1. The van der Waals surface area contributed by atoms with Gasteiger partial charge in [-0.05, 0) is 60.8 Å². The van der Waals surface area contributed by atoms with E-state index in [9.17, 15) is 19.5 Å². The van der Waals surface area contributed by atoms with Crippen LogP contribution in [0.1, 0.15) is 67.3 Å². The van der Waals surface area contributed by atoms with Gasteiger partial charge >= 0.3 is 5.97 Å². The SMILES string of the molecule is CCC(C)(C)[C@H]1CCc2c(sc(NC(=O)[C@@H]3[C@@H](C(=O)O)[C@H]4C=C[C@H]3CC4)c2C(N)=O)C1. The molecule has 31 heavy (non-hydrogen) atoms. The lowest BCUT2D eigenvalue weighted by Gasteiger charge is -2.41. The molecule has 7 heteroatoms. The predicted molar refractivity (Wildman–Crippen MR) is 121 cm³/mol. The molecule has 2 bridgehead atoms. The number of thiophene rings is 1. The molecule has 1 fully saturated rings. The zero-order chi connectivity index (χ0) is 22.5. The highest BCUT2D eigenvalue weighted by Gasteiger charge is 2.48. The molecule has 5 atom stereocenters. The number of carbonyl (C=O) groups excluding carboxylic acids is 2. The number of aliphatic carboxylic acids is 1. The fourth-order valence-electron chi connectivity index (χ4n) is 5.77. The van der Waals surface area contributed by atoms with Crippen LogP contribution in [0.25, 0.3) is 0 Å². The van der Waals surface area contributed by atoms with Crippen molar-refractivity contribution in [3.63, 3.8) is 0 Å². The predicted octanol–water partition coefficient (Wildman–Crippen LogP) is 4.24. The van der Waals surface area contributed by atoms with E-state index in [0.717, 1.165) is 49.0 Å². The van der Waals surface area contributed by atoms with Gasteiger partial charge in [-0.15, -0.1) is 11.3 Å². The van der Waals surface area contributed by atoms with Crippen LogP contribution in [0, 0.1) is 35.0 Å². The lowest BCUT2D eigenvalue weighted by atomic mass is 9.62. The lowest BCUT2D eigenvalue weighted by Crippen LogP contribution is -2.47. The third-order valence-corrected chi connectivity index (χ3v) is 9.27. The van der Waals surface area contributed by atoms with Crippen molar-refractivity contribution in [3.05, 3.63) is 28.2 Å². The van der Waals surface area contributed by atoms with Crippen LogP contribution in [-0.2, 0) is 22.4 Å². The van der Waals surface area contributed by atoms with Gasteiger partial charge in [0, 0.05) is 4.88 Å². The van der Waals surface area contributed by atoms with Gasteiger partial charge in [0.05, 0.1) is 17.4 Å². The van der Waals surface area contributed by atoms with Crippen LogP contribution in [0.4, 0.5) is 5.00 Å². The number of nitrogens with one attached hydrogen (secondary N) is 1. The number of amides is 2. The Morgan fingerprint density at radius 2 is 1.81 bits per heavy atom. The van der Waals surface area contributed by atoms with E-state index in [1.165, 1.54) is 11.3 Å². The van der Waals surface area contributed by atoms with Crippen molar-refractivity contribution in [2.24, 2.45) is 40.7 Å². The first-order valence-electron chi connectivity index (χ1n) is 11.3. The first-order valence-corrected chi connectivity index (χ1v) is 12.1. The molecule has 4 aliphatic rings. The monoisotopic (exact) mass is 444 g/mol. The normalized spacial score (nSPS) is 29.5. The topological polar surface area (TPSA) is 109 Å². The standard InChI is InChI=1S/C24H32N2O4S/c1-4-24(2,3)14-9-10-15-16(11-14)31-22(19(15)20(25)27)26-21(28)17-12-5-7-13(8-6-12)18(17)23(29)30/h5,7,12-14,17-18H,4,6,8-11H2,1-3H3,(H2,25,27)(H,26,28)(H,29,30)/t12-,13-,14-,17-,18-/m0/s1. The highest BCUT2D eigenvalue weighted by atomic mass is 32.1. The number of rotatable bonds is 6. The van der Waals surface area contributed by atoms with E-state index in [1.807, 2.05) is 12.2 Å².